The van der Waals surface area contributed by atoms with Crippen molar-refractivity contribution < 1.29 is 14.6 Å². The summed E-state index contributed by atoms with van der Waals surface area (Å²) in [5.41, 5.74) is 0.583. The van der Waals surface area contributed by atoms with Gasteiger partial charge < -0.3 is 14.7 Å². The number of hydrogen-bond donors (Lipinski definition) is 1. The van der Waals surface area contributed by atoms with Crippen LogP contribution in [0.2, 0.25) is 5.02 Å². The summed E-state index contributed by atoms with van der Waals surface area (Å²) in [4.78, 5) is 13.5. The zero-order valence-electron chi connectivity index (χ0n) is 11.5. The van der Waals surface area contributed by atoms with Crippen LogP contribution in [-0.2, 0) is 4.79 Å². The number of ether oxygens (including phenoxy) is 1. The van der Waals surface area contributed by atoms with Gasteiger partial charge in [0.1, 0.15) is 5.75 Å². The van der Waals surface area contributed by atoms with Gasteiger partial charge in [-0.3, -0.25) is 4.79 Å². The minimum Gasteiger partial charge on any atom is -0.483 e. The second-order valence-corrected chi connectivity index (χ2v) is 4.65. The topological polar surface area (TPSA) is 49.8 Å². The number of halogens is 1. The molecule has 0 bridgehead atoms. The number of nitrogens with zero attached hydrogens (tertiary/aromatic N) is 1. The van der Waals surface area contributed by atoms with Crippen molar-refractivity contribution >= 4 is 17.5 Å². The van der Waals surface area contributed by atoms with Gasteiger partial charge in [0, 0.05) is 23.7 Å². The molecular formula is C14H20ClNO3. The molecule has 0 spiro atoms. The van der Waals surface area contributed by atoms with Gasteiger partial charge in [-0.15, -0.1) is 0 Å². The van der Waals surface area contributed by atoms with Crippen molar-refractivity contribution in [2.45, 2.75) is 26.9 Å². The summed E-state index contributed by atoms with van der Waals surface area (Å²) in [5.74, 6) is 0.413. The van der Waals surface area contributed by atoms with Crippen molar-refractivity contribution in [3.63, 3.8) is 0 Å². The van der Waals surface area contributed by atoms with E-state index in [2.05, 4.69) is 0 Å². The molecule has 19 heavy (non-hydrogen) atoms. The van der Waals surface area contributed by atoms with E-state index in [1.807, 2.05) is 13.8 Å². The van der Waals surface area contributed by atoms with Crippen LogP contribution in [0, 0.1) is 0 Å². The largest absolute Gasteiger partial charge is 0.483 e. The summed E-state index contributed by atoms with van der Waals surface area (Å²) in [6.07, 6.45) is -0.697. The molecule has 1 N–H and O–H groups in total. The van der Waals surface area contributed by atoms with Gasteiger partial charge in [0.05, 0.1) is 6.10 Å². The fourth-order valence-corrected chi connectivity index (χ4v) is 1.96. The Hall–Kier alpha value is -1.26. The van der Waals surface area contributed by atoms with Crippen molar-refractivity contribution in [1.29, 1.82) is 0 Å². The molecule has 1 atom stereocenters. The fraction of sp³-hybridized carbons (Fsp3) is 0.500. The highest BCUT2D eigenvalue weighted by molar-refractivity contribution is 6.30. The van der Waals surface area contributed by atoms with Crippen LogP contribution in [0.25, 0.3) is 0 Å². The average molecular weight is 286 g/mol. The second-order valence-electron chi connectivity index (χ2n) is 4.21. The number of benzene rings is 1. The van der Waals surface area contributed by atoms with Gasteiger partial charge in [-0.1, -0.05) is 11.6 Å². The van der Waals surface area contributed by atoms with E-state index in [4.69, 9.17) is 16.3 Å². The molecule has 0 heterocycles. The van der Waals surface area contributed by atoms with Crippen molar-refractivity contribution in [3.05, 3.63) is 28.8 Å². The van der Waals surface area contributed by atoms with E-state index >= 15 is 0 Å². The Morgan fingerprint density at radius 3 is 2.58 bits per heavy atom. The molecule has 0 aliphatic carbocycles. The molecule has 0 aliphatic rings. The maximum atomic E-state index is 11.8. The molecule has 0 fully saturated rings. The van der Waals surface area contributed by atoms with Crippen LogP contribution in [0.1, 0.15) is 32.4 Å². The predicted molar refractivity (Wildman–Crippen MR) is 75.5 cm³/mol. The van der Waals surface area contributed by atoms with Gasteiger partial charge in [0.25, 0.3) is 5.91 Å². The van der Waals surface area contributed by atoms with E-state index in [0.29, 0.717) is 29.4 Å². The lowest BCUT2D eigenvalue weighted by Gasteiger charge is -2.20. The van der Waals surface area contributed by atoms with Gasteiger partial charge in [0.15, 0.2) is 6.61 Å². The van der Waals surface area contributed by atoms with E-state index in [-0.39, 0.29) is 12.5 Å². The first-order chi connectivity index (χ1) is 8.99. The SMILES string of the molecule is CCN(CC)C(=O)COc1ccc(Cl)cc1[C@H](C)O. The molecule has 0 saturated carbocycles. The number of carbonyl (C=O) groups is 1. The summed E-state index contributed by atoms with van der Waals surface area (Å²) in [6, 6.07) is 4.98. The average Bonchev–Trinajstić information content (AvgIpc) is 2.38. The number of aliphatic hydroxyl groups excluding tert-OH is 1. The quantitative estimate of drug-likeness (QED) is 0.874. The number of likely N-dealkylation sites (N-methyl/N-ethyl adjacent to an activating group) is 1. The molecule has 1 amide bonds. The van der Waals surface area contributed by atoms with Crippen molar-refractivity contribution in [2.24, 2.45) is 0 Å². The highest BCUT2D eigenvalue weighted by Crippen LogP contribution is 2.28. The molecule has 0 radical (unpaired) electrons. The maximum absolute atomic E-state index is 11.8. The number of rotatable bonds is 6. The molecule has 0 aliphatic heterocycles. The number of carbonyl (C=O) groups excluding carboxylic acids is 1. The van der Waals surface area contributed by atoms with Gasteiger partial charge in [-0.25, -0.2) is 0 Å². The minimum atomic E-state index is -0.697. The number of amides is 1. The monoisotopic (exact) mass is 285 g/mol. The van der Waals surface area contributed by atoms with Crippen LogP contribution in [-0.4, -0.2) is 35.6 Å². The highest BCUT2D eigenvalue weighted by atomic mass is 35.5. The first-order valence-corrected chi connectivity index (χ1v) is 6.75. The molecule has 5 heteroatoms. The lowest BCUT2D eigenvalue weighted by Crippen LogP contribution is -2.34. The third-order valence-electron chi connectivity index (χ3n) is 2.89. The zero-order chi connectivity index (χ0) is 14.4. The van der Waals surface area contributed by atoms with Gasteiger partial charge >= 0.3 is 0 Å². The Morgan fingerprint density at radius 1 is 1.42 bits per heavy atom. The highest BCUT2D eigenvalue weighted by Gasteiger charge is 2.14. The molecule has 1 aromatic rings. The normalized spacial score (nSPS) is 12.1. The smallest absolute Gasteiger partial charge is 0.260 e. The van der Waals surface area contributed by atoms with E-state index in [0.717, 1.165) is 0 Å². The van der Waals surface area contributed by atoms with Gasteiger partial charge in [0.2, 0.25) is 0 Å². The Labute approximate surface area is 118 Å². The molecule has 1 aromatic carbocycles. The van der Waals surface area contributed by atoms with Crippen LogP contribution in [0.5, 0.6) is 5.75 Å². The number of aliphatic hydroxyl groups is 1. The Morgan fingerprint density at radius 2 is 2.05 bits per heavy atom. The standard InChI is InChI=1S/C14H20ClNO3/c1-4-16(5-2)14(18)9-19-13-7-6-11(15)8-12(13)10(3)17/h6-8,10,17H,4-5,9H2,1-3H3/t10-/m0/s1. The van der Waals surface area contributed by atoms with Crippen molar-refractivity contribution in [3.8, 4) is 5.75 Å². The molecular weight excluding hydrogens is 266 g/mol. The molecule has 106 valence electrons. The summed E-state index contributed by atoms with van der Waals surface area (Å²) in [7, 11) is 0. The van der Waals surface area contributed by atoms with Crippen molar-refractivity contribution in [1.82, 2.24) is 4.90 Å². The van der Waals surface area contributed by atoms with Crippen LogP contribution in [0.3, 0.4) is 0 Å². The van der Waals surface area contributed by atoms with Crippen LogP contribution in [0.15, 0.2) is 18.2 Å². The first-order valence-electron chi connectivity index (χ1n) is 6.37. The lowest BCUT2D eigenvalue weighted by molar-refractivity contribution is -0.133. The number of hydrogen-bond acceptors (Lipinski definition) is 3. The third kappa shape index (κ3) is 4.40. The van der Waals surface area contributed by atoms with Crippen LogP contribution < -0.4 is 4.74 Å². The van der Waals surface area contributed by atoms with Gasteiger partial charge in [-0.2, -0.15) is 0 Å². The molecule has 0 saturated heterocycles. The maximum Gasteiger partial charge on any atom is 0.260 e. The Kier molecular flexibility index (Phi) is 6.12. The minimum absolute atomic E-state index is 0.0387. The third-order valence-corrected chi connectivity index (χ3v) is 3.12. The zero-order valence-corrected chi connectivity index (χ0v) is 12.3. The molecule has 4 nitrogen and oxygen atoms in total. The van der Waals surface area contributed by atoms with Crippen molar-refractivity contribution in [2.75, 3.05) is 19.7 Å². The van der Waals surface area contributed by atoms with Crippen LogP contribution >= 0.6 is 11.6 Å². The van der Waals surface area contributed by atoms with E-state index in [9.17, 15) is 9.90 Å². The lowest BCUT2D eigenvalue weighted by atomic mass is 10.1. The summed E-state index contributed by atoms with van der Waals surface area (Å²) in [5, 5.41) is 10.2. The molecule has 0 aromatic heterocycles. The fourth-order valence-electron chi connectivity index (χ4n) is 1.78. The Balaban J connectivity index is 2.75. The van der Waals surface area contributed by atoms with Gasteiger partial charge in [-0.05, 0) is 39.0 Å². The molecule has 0 unspecified atom stereocenters. The van der Waals surface area contributed by atoms with E-state index in [1.165, 1.54) is 0 Å². The summed E-state index contributed by atoms with van der Waals surface area (Å²) >= 11 is 5.88. The Bertz CT molecular complexity index is 431. The summed E-state index contributed by atoms with van der Waals surface area (Å²) in [6.45, 7) is 6.74. The first kappa shape index (κ1) is 15.8. The van der Waals surface area contributed by atoms with E-state index < -0.39 is 6.10 Å². The second kappa shape index (κ2) is 7.36. The predicted octanol–water partition coefficient (Wildman–Crippen LogP) is 2.64. The van der Waals surface area contributed by atoms with E-state index in [1.54, 1.807) is 30.0 Å². The van der Waals surface area contributed by atoms with Crippen LogP contribution in [0.4, 0.5) is 0 Å². The summed E-state index contributed by atoms with van der Waals surface area (Å²) < 4.78 is 5.49. The molecule has 1 rings (SSSR count).